The van der Waals surface area contributed by atoms with E-state index in [9.17, 15) is 18.7 Å². The van der Waals surface area contributed by atoms with Crippen LogP contribution in [0.25, 0.3) is 0 Å². The van der Waals surface area contributed by atoms with Crippen LogP contribution in [-0.2, 0) is 17.6 Å². The monoisotopic (exact) mass is 335 g/mol. The van der Waals surface area contributed by atoms with Gasteiger partial charge in [-0.1, -0.05) is 6.07 Å². The summed E-state index contributed by atoms with van der Waals surface area (Å²) < 4.78 is 27.3. The zero-order valence-corrected chi connectivity index (χ0v) is 13.3. The molecule has 2 atom stereocenters. The van der Waals surface area contributed by atoms with Gasteiger partial charge in [-0.2, -0.15) is 5.10 Å². The minimum absolute atomic E-state index is 0.137. The number of carbonyl (C=O) groups excluding carboxylic acids is 1. The molecule has 1 aliphatic rings. The molecule has 0 aliphatic carbocycles. The number of benzene rings is 1. The van der Waals surface area contributed by atoms with E-state index in [4.69, 9.17) is 0 Å². The molecule has 2 N–H and O–H groups in total. The van der Waals surface area contributed by atoms with Crippen molar-refractivity contribution in [2.45, 2.75) is 25.9 Å². The third-order valence-electron chi connectivity index (χ3n) is 4.38. The molecule has 2 aromatic rings. The molecular formula is C17H19F2N3O2. The van der Waals surface area contributed by atoms with E-state index in [1.165, 1.54) is 11.0 Å². The number of halogens is 2. The predicted octanol–water partition coefficient (Wildman–Crippen LogP) is 1.60. The van der Waals surface area contributed by atoms with E-state index in [1.807, 2.05) is 13.0 Å². The molecule has 7 heteroatoms. The van der Waals surface area contributed by atoms with E-state index in [2.05, 4.69) is 10.2 Å². The van der Waals surface area contributed by atoms with Crippen LogP contribution in [-0.4, -0.2) is 45.3 Å². The Hall–Kier alpha value is -2.28. The van der Waals surface area contributed by atoms with Gasteiger partial charge in [0.25, 0.3) is 0 Å². The van der Waals surface area contributed by atoms with Crippen LogP contribution in [0.3, 0.4) is 0 Å². The van der Waals surface area contributed by atoms with Gasteiger partial charge < -0.3 is 10.0 Å². The number of aliphatic hydroxyl groups is 1. The van der Waals surface area contributed by atoms with E-state index in [0.717, 1.165) is 23.5 Å². The summed E-state index contributed by atoms with van der Waals surface area (Å²) in [7, 11) is 0. The lowest BCUT2D eigenvalue weighted by molar-refractivity contribution is -0.129. The normalized spacial score (nSPS) is 20.6. The Bertz CT molecular complexity index is 727. The van der Waals surface area contributed by atoms with Gasteiger partial charge in [0, 0.05) is 30.3 Å². The van der Waals surface area contributed by atoms with Gasteiger partial charge in [-0.25, -0.2) is 8.78 Å². The largest absolute Gasteiger partial charge is 0.391 e. The van der Waals surface area contributed by atoms with Crippen molar-refractivity contribution < 1.29 is 18.7 Å². The van der Waals surface area contributed by atoms with E-state index in [-0.39, 0.29) is 24.4 Å². The highest BCUT2D eigenvalue weighted by molar-refractivity contribution is 5.79. The van der Waals surface area contributed by atoms with Gasteiger partial charge >= 0.3 is 0 Å². The topological polar surface area (TPSA) is 69.2 Å². The first-order valence-electron chi connectivity index (χ1n) is 7.83. The lowest BCUT2D eigenvalue weighted by Gasteiger charge is -2.16. The van der Waals surface area contributed by atoms with Gasteiger partial charge in [-0.15, -0.1) is 0 Å². The third-order valence-corrected chi connectivity index (χ3v) is 4.38. The van der Waals surface area contributed by atoms with Gasteiger partial charge in [0.15, 0.2) is 0 Å². The lowest BCUT2D eigenvalue weighted by atomic mass is 10.0. The van der Waals surface area contributed by atoms with E-state index >= 15 is 0 Å². The second-order valence-corrected chi connectivity index (χ2v) is 6.25. The van der Waals surface area contributed by atoms with Gasteiger partial charge in [0.05, 0.1) is 18.2 Å². The summed E-state index contributed by atoms with van der Waals surface area (Å²) in [6.45, 7) is 2.41. The lowest BCUT2D eigenvalue weighted by Crippen LogP contribution is -2.31. The van der Waals surface area contributed by atoms with Crippen molar-refractivity contribution in [3.63, 3.8) is 0 Å². The highest BCUT2D eigenvalue weighted by atomic mass is 19.1. The highest BCUT2D eigenvalue weighted by Gasteiger charge is 2.34. The number of hydrogen-bond donors (Lipinski definition) is 2. The summed E-state index contributed by atoms with van der Waals surface area (Å²) in [5.74, 6) is -1.99. The molecule has 128 valence electrons. The molecule has 1 aromatic heterocycles. The van der Waals surface area contributed by atoms with Crippen molar-refractivity contribution in [3.05, 3.63) is 52.9 Å². The first-order chi connectivity index (χ1) is 11.4. The summed E-state index contributed by atoms with van der Waals surface area (Å²) in [6.07, 6.45) is -0.473. The highest BCUT2D eigenvalue weighted by Crippen LogP contribution is 2.23. The third kappa shape index (κ3) is 3.46. The summed E-state index contributed by atoms with van der Waals surface area (Å²) in [5, 5.41) is 17.1. The average Bonchev–Trinajstić information content (AvgIpc) is 3.10. The zero-order valence-electron chi connectivity index (χ0n) is 13.3. The number of carbonyl (C=O) groups is 1. The number of likely N-dealkylation sites (tertiary alicyclic amines) is 1. The molecule has 5 nitrogen and oxygen atoms in total. The molecule has 1 aromatic carbocycles. The number of aryl methyl sites for hydroxylation is 1. The maximum atomic E-state index is 13.7. The van der Waals surface area contributed by atoms with Crippen LogP contribution in [0, 0.1) is 24.5 Å². The van der Waals surface area contributed by atoms with Crippen LogP contribution < -0.4 is 0 Å². The first-order valence-corrected chi connectivity index (χ1v) is 7.83. The maximum absolute atomic E-state index is 13.7. The number of H-pyrrole nitrogens is 1. The Kier molecular flexibility index (Phi) is 4.62. The number of aliphatic hydroxyl groups excluding tert-OH is 1. The van der Waals surface area contributed by atoms with Crippen molar-refractivity contribution >= 4 is 5.91 Å². The number of aromatic nitrogens is 2. The number of amides is 1. The molecule has 1 saturated heterocycles. The average molecular weight is 335 g/mol. The van der Waals surface area contributed by atoms with E-state index in [1.54, 1.807) is 0 Å². The Labute approximate surface area is 138 Å². The fraction of sp³-hybridized carbons (Fsp3) is 0.412. The van der Waals surface area contributed by atoms with Crippen molar-refractivity contribution in [2.75, 3.05) is 13.1 Å². The molecule has 24 heavy (non-hydrogen) atoms. The Morgan fingerprint density at radius 1 is 1.38 bits per heavy atom. The first kappa shape index (κ1) is 16.6. The number of nitrogens with one attached hydrogen (secondary N) is 1. The summed E-state index contributed by atoms with van der Waals surface area (Å²) in [4.78, 5) is 13.8. The number of β-amino-alcohol motifs (C(OH)–C–C–N with tert-alkyl or cyclic N) is 1. The predicted molar refractivity (Wildman–Crippen MR) is 83.2 cm³/mol. The molecule has 0 bridgehead atoms. The van der Waals surface area contributed by atoms with Crippen molar-refractivity contribution in [3.8, 4) is 0 Å². The molecule has 0 spiro atoms. The molecule has 0 radical (unpaired) electrons. The second kappa shape index (κ2) is 6.68. The van der Waals surface area contributed by atoms with Crippen LogP contribution in [0.2, 0.25) is 0 Å². The number of aromatic amines is 1. The van der Waals surface area contributed by atoms with Gasteiger partial charge in [-0.05, 0) is 31.5 Å². The van der Waals surface area contributed by atoms with Crippen molar-refractivity contribution in [2.24, 2.45) is 5.92 Å². The standard InChI is InChI=1S/C17H19F2N3O2/c1-10-5-12(21-20-10)6-11-8-22(9-16(11)23)17(24)7-13-14(18)3-2-4-15(13)19/h2-5,11,16,23H,6-9H2,1H3,(H,20,21). The molecule has 1 amide bonds. The molecule has 3 rings (SSSR count). The fourth-order valence-electron chi connectivity index (χ4n) is 3.07. The zero-order chi connectivity index (χ0) is 17.3. The minimum Gasteiger partial charge on any atom is -0.391 e. The molecule has 1 aliphatic heterocycles. The van der Waals surface area contributed by atoms with Gasteiger partial charge in [0.1, 0.15) is 11.6 Å². The molecule has 0 saturated carbocycles. The van der Waals surface area contributed by atoms with Crippen molar-refractivity contribution in [1.29, 1.82) is 0 Å². The molecule has 2 heterocycles. The summed E-state index contributed by atoms with van der Waals surface area (Å²) in [6, 6.07) is 5.42. The Morgan fingerprint density at radius 2 is 2.08 bits per heavy atom. The van der Waals surface area contributed by atoms with Crippen LogP contribution in [0.4, 0.5) is 8.78 Å². The SMILES string of the molecule is Cc1cc(CC2CN(C(=O)Cc3c(F)cccc3F)CC2O)n[nH]1. The minimum atomic E-state index is -0.730. The van der Waals surface area contributed by atoms with Crippen LogP contribution in [0.15, 0.2) is 24.3 Å². The van der Waals surface area contributed by atoms with Crippen LogP contribution >= 0.6 is 0 Å². The van der Waals surface area contributed by atoms with Gasteiger partial charge in [0.2, 0.25) is 5.91 Å². The summed E-state index contributed by atoms with van der Waals surface area (Å²) >= 11 is 0. The Balaban J connectivity index is 1.64. The summed E-state index contributed by atoms with van der Waals surface area (Å²) in [5.41, 5.74) is 1.52. The molecule has 2 unspecified atom stereocenters. The fourth-order valence-corrected chi connectivity index (χ4v) is 3.07. The quantitative estimate of drug-likeness (QED) is 0.892. The number of hydrogen-bond acceptors (Lipinski definition) is 3. The molecule has 1 fully saturated rings. The Morgan fingerprint density at radius 3 is 2.71 bits per heavy atom. The second-order valence-electron chi connectivity index (χ2n) is 6.25. The van der Waals surface area contributed by atoms with Gasteiger partial charge in [-0.3, -0.25) is 9.89 Å². The van der Waals surface area contributed by atoms with Crippen LogP contribution in [0.5, 0.6) is 0 Å². The van der Waals surface area contributed by atoms with Crippen molar-refractivity contribution in [1.82, 2.24) is 15.1 Å². The number of rotatable bonds is 4. The molecular weight excluding hydrogens is 316 g/mol. The van der Waals surface area contributed by atoms with E-state index in [0.29, 0.717) is 13.0 Å². The maximum Gasteiger partial charge on any atom is 0.227 e. The number of nitrogens with zero attached hydrogens (tertiary/aromatic N) is 2. The van der Waals surface area contributed by atoms with E-state index < -0.39 is 23.6 Å². The smallest absolute Gasteiger partial charge is 0.227 e. The van der Waals surface area contributed by atoms with Crippen LogP contribution in [0.1, 0.15) is 17.0 Å².